The molecule has 0 spiro atoms. The maximum Gasteiger partial charge on any atom is 0.305 e. The zero-order valence-electron chi connectivity index (χ0n) is 11.5. The van der Waals surface area contributed by atoms with Crippen molar-refractivity contribution in [2.45, 2.75) is 16.6 Å². The molecule has 114 valence electrons. The molecule has 0 aliphatic rings. The molecule has 0 bridgehead atoms. The fraction of sp³-hybridized carbons (Fsp3) is 0.125. The number of carbonyl (C=O) groups is 2. The van der Waals surface area contributed by atoms with Gasteiger partial charge in [-0.1, -0.05) is 29.8 Å². The number of halogens is 1. The van der Waals surface area contributed by atoms with Crippen LogP contribution in [0.3, 0.4) is 0 Å². The highest BCUT2D eigenvalue weighted by Gasteiger charge is 2.23. The third-order valence-corrected chi connectivity index (χ3v) is 4.25. The molecule has 0 fully saturated rings. The van der Waals surface area contributed by atoms with Crippen LogP contribution in [0, 0.1) is 0 Å². The van der Waals surface area contributed by atoms with Gasteiger partial charge in [0, 0.05) is 15.6 Å². The number of hydrogen-bond acceptors (Lipinski definition) is 3. The molecule has 0 aliphatic heterocycles. The van der Waals surface area contributed by atoms with E-state index in [0.29, 0.717) is 10.7 Å². The number of benzene rings is 2. The van der Waals surface area contributed by atoms with Crippen LogP contribution in [0.15, 0.2) is 59.5 Å². The first-order valence-corrected chi connectivity index (χ1v) is 7.80. The summed E-state index contributed by atoms with van der Waals surface area (Å²) in [5, 5.41) is 11.6. The van der Waals surface area contributed by atoms with Crippen molar-refractivity contribution in [1.82, 2.24) is 0 Å². The van der Waals surface area contributed by atoms with Crippen LogP contribution in [0.4, 0.5) is 5.69 Å². The molecule has 1 amide bonds. The Kier molecular flexibility index (Phi) is 5.86. The number of carbonyl (C=O) groups excluding carboxylic acids is 1. The van der Waals surface area contributed by atoms with E-state index in [9.17, 15) is 9.59 Å². The predicted molar refractivity (Wildman–Crippen MR) is 88.4 cm³/mol. The Morgan fingerprint density at radius 1 is 1.09 bits per heavy atom. The van der Waals surface area contributed by atoms with Crippen molar-refractivity contribution in [1.29, 1.82) is 0 Å². The number of aliphatic carboxylic acids is 1. The molecule has 2 N–H and O–H groups in total. The Morgan fingerprint density at radius 3 is 2.32 bits per heavy atom. The monoisotopic (exact) mass is 335 g/mol. The normalized spacial score (nSPS) is 11.7. The van der Waals surface area contributed by atoms with Crippen LogP contribution in [-0.4, -0.2) is 22.2 Å². The smallest absolute Gasteiger partial charge is 0.305 e. The standard InChI is InChI=1S/C16H14ClNO3S/c17-11-6-8-13(9-7-11)22-14(10-15(19)20)16(21)18-12-4-2-1-3-5-12/h1-9,14H,10H2,(H,18,21)(H,19,20)/t14-/m1/s1. The number of thioether (sulfide) groups is 1. The molecule has 0 saturated carbocycles. The minimum absolute atomic E-state index is 0.258. The third-order valence-electron chi connectivity index (χ3n) is 2.79. The van der Waals surface area contributed by atoms with Gasteiger partial charge in [0.25, 0.3) is 0 Å². The Labute approximate surface area is 137 Å². The van der Waals surface area contributed by atoms with Gasteiger partial charge in [-0.15, -0.1) is 11.8 Å². The predicted octanol–water partition coefficient (Wildman–Crippen LogP) is 3.91. The summed E-state index contributed by atoms with van der Waals surface area (Å²) in [5.74, 6) is -1.36. The minimum Gasteiger partial charge on any atom is -0.481 e. The zero-order valence-corrected chi connectivity index (χ0v) is 13.1. The lowest BCUT2D eigenvalue weighted by Crippen LogP contribution is -2.27. The first-order valence-electron chi connectivity index (χ1n) is 6.54. The maximum atomic E-state index is 12.3. The van der Waals surface area contributed by atoms with E-state index in [-0.39, 0.29) is 12.3 Å². The molecule has 0 aromatic heterocycles. The number of anilines is 1. The fourth-order valence-corrected chi connectivity index (χ4v) is 2.91. The van der Waals surface area contributed by atoms with Gasteiger partial charge in [-0.05, 0) is 36.4 Å². The number of amides is 1. The highest BCUT2D eigenvalue weighted by molar-refractivity contribution is 8.00. The maximum absolute atomic E-state index is 12.3. The van der Waals surface area contributed by atoms with Crippen LogP contribution in [0.1, 0.15) is 6.42 Å². The van der Waals surface area contributed by atoms with Crippen LogP contribution >= 0.6 is 23.4 Å². The summed E-state index contributed by atoms with van der Waals surface area (Å²) >= 11 is 7.02. The van der Waals surface area contributed by atoms with Crippen molar-refractivity contribution in [3.05, 3.63) is 59.6 Å². The fourth-order valence-electron chi connectivity index (χ4n) is 1.77. The van der Waals surface area contributed by atoms with E-state index in [0.717, 1.165) is 4.90 Å². The lowest BCUT2D eigenvalue weighted by Gasteiger charge is -2.15. The van der Waals surface area contributed by atoms with Gasteiger partial charge in [0.15, 0.2) is 0 Å². The highest BCUT2D eigenvalue weighted by atomic mass is 35.5. The zero-order chi connectivity index (χ0) is 15.9. The molecule has 6 heteroatoms. The van der Waals surface area contributed by atoms with Crippen molar-refractivity contribution in [2.75, 3.05) is 5.32 Å². The van der Waals surface area contributed by atoms with E-state index < -0.39 is 11.2 Å². The van der Waals surface area contributed by atoms with E-state index in [1.54, 1.807) is 48.5 Å². The highest BCUT2D eigenvalue weighted by Crippen LogP contribution is 2.27. The first kappa shape index (κ1) is 16.4. The van der Waals surface area contributed by atoms with Crippen molar-refractivity contribution in [3.8, 4) is 0 Å². The average molecular weight is 336 g/mol. The van der Waals surface area contributed by atoms with Gasteiger partial charge >= 0.3 is 5.97 Å². The summed E-state index contributed by atoms with van der Waals surface area (Å²) in [7, 11) is 0. The molecule has 0 unspecified atom stereocenters. The molecule has 1 atom stereocenters. The topological polar surface area (TPSA) is 66.4 Å². The van der Waals surface area contributed by atoms with Gasteiger partial charge in [-0.25, -0.2) is 0 Å². The van der Waals surface area contributed by atoms with Gasteiger partial charge in [0.05, 0.1) is 11.7 Å². The van der Waals surface area contributed by atoms with E-state index in [2.05, 4.69) is 5.32 Å². The molecule has 22 heavy (non-hydrogen) atoms. The Morgan fingerprint density at radius 2 is 1.73 bits per heavy atom. The summed E-state index contributed by atoms with van der Waals surface area (Å²) in [5.41, 5.74) is 0.639. The molecule has 2 aromatic carbocycles. The second-order valence-electron chi connectivity index (χ2n) is 4.51. The molecule has 2 aromatic rings. The second kappa shape index (κ2) is 7.87. The number of hydrogen-bond donors (Lipinski definition) is 2. The Hall–Kier alpha value is -1.98. The lowest BCUT2D eigenvalue weighted by molar-refractivity contribution is -0.138. The van der Waals surface area contributed by atoms with Crippen LogP contribution in [-0.2, 0) is 9.59 Å². The van der Waals surface area contributed by atoms with E-state index in [4.69, 9.17) is 16.7 Å². The molecular weight excluding hydrogens is 322 g/mol. The summed E-state index contributed by atoms with van der Waals surface area (Å²) in [6, 6.07) is 15.9. The van der Waals surface area contributed by atoms with Gasteiger partial charge in [-0.3, -0.25) is 9.59 Å². The van der Waals surface area contributed by atoms with E-state index in [1.165, 1.54) is 11.8 Å². The first-order chi connectivity index (χ1) is 10.5. The van der Waals surface area contributed by atoms with Crippen LogP contribution < -0.4 is 5.32 Å². The van der Waals surface area contributed by atoms with Crippen molar-refractivity contribution in [3.63, 3.8) is 0 Å². The minimum atomic E-state index is -1.02. The lowest BCUT2D eigenvalue weighted by atomic mass is 10.2. The number of rotatable bonds is 6. The molecule has 4 nitrogen and oxygen atoms in total. The second-order valence-corrected chi connectivity index (χ2v) is 6.23. The molecule has 0 aliphatic carbocycles. The van der Waals surface area contributed by atoms with Crippen molar-refractivity contribution >= 4 is 40.9 Å². The SMILES string of the molecule is O=C(O)C[C@@H](Sc1ccc(Cl)cc1)C(=O)Nc1ccccc1. The summed E-state index contributed by atoms with van der Waals surface area (Å²) in [6.45, 7) is 0. The molecule has 0 heterocycles. The number of carboxylic acid groups (broad SMARTS) is 1. The number of carboxylic acids is 1. The Balaban J connectivity index is 2.09. The largest absolute Gasteiger partial charge is 0.481 e. The molecule has 0 radical (unpaired) electrons. The Bertz CT molecular complexity index is 646. The van der Waals surface area contributed by atoms with Crippen molar-refractivity contribution in [2.24, 2.45) is 0 Å². The third kappa shape index (κ3) is 5.09. The quantitative estimate of drug-likeness (QED) is 0.785. The average Bonchev–Trinajstić information content (AvgIpc) is 2.49. The molecular formula is C16H14ClNO3S. The summed E-state index contributed by atoms with van der Waals surface area (Å²) in [4.78, 5) is 24.1. The molecule has 0 saturated heterocycles. The van der Waals surface area contributed by atoms with Crippen LogP contribution in [0.5, 0.6) is 0 Å². The van der Waals surface area contributed by atoms with Gasteiger partial charge < -0.3 is 10.4 Å². The van der Waals surface area contributed by atoms with E-state index >= 15 is 0 Å². The number of nitrogens with one attached hydrogen (secondary N) is 1. The van der Waals surface area contributed by atoms with Gasteiger partial charge in [0.2, 0.25) is 5.91 Å². The summed E-state index contributed by atoms with van der Waals surface area (Å²) < 4.78 is 0. The van der Waals surface area contributed by atoms with Crippen LogP contribution in [0.25, 0.3) is 0 Å². The van der Waals surface area contributed by atoms with Gasteiger partial charge in [0.1, 0.15) is 0 Å². The summed E-state index contributed by atoms with van der Waals surface area (Å²) in [6.07, 6.45) is -0.258. The molecule has 2 rings (SSSR count). The van der Waals surface area contributed by atoms with Gasteiger partial charge in [-0.2, -0.15) is 0 Å². The van der Waals surface area contributed by atoms with E-state index in [1.807, 2.05) is 6.07 Å². The number of para-hydroxylation sites is 1. The van der Waals surface area contributed by atoms with Crippen molar-refractivity contribution < 1.29 is 14.7 Å². The van der Waals surface area contributed by atoms with Crippen LogP contribution in [0.2, 0.25) is 5.02 Å².